The summed E-state index contributed by atoms with van der Waals surface area (Å²) in [6.45, 7) is 1.47. The van der Waals surface area contributed by atoms with Crippen LogP contribution in [-0.4, -0.2) is 34.6 Å². The third-order valence-corrected chi connectivity index (χ3v) is 6.92. The number of sulfonamides is 1. The summed E-state index contributed by atoms with van der Waals surface area (Å²) in [6, 6.07) is 6.44. The number of ether oxygens (including phenoxy) is 2. The lowest BCUT2D eigenvalue weighted by atomic mass is 10.2. The number of rotatable bonds is 5. The van der Waals surface area contributed by atoms with Gasteiger partial charge >= 0.3 is 11.9 Å². The average molecular weight is 448 g/mol. The first-order valence-corrected chi connectivity index (χ1v) is 9.89. The lowest BCUT2D eigenvalue weighted by Gasteiger charge is -2.08. The predicted molar refractivity (Wildman–Crippen MR) is 96.7 cm³/mol. The molecule has 1 N–H and O–H groups in total. The second-order valence-corrected chi connectivity index (χ2v) is 8.63. The van der Waals surface area contributed by atoms with Crippen LogP contribution < -0.4 is 4.72 Å². The number of thiophene rings is 1. The lowest BCUT2D eigenvalue weighted by molar-refractivity contribution is 0.0596. The Morgan fingerprint density at radius 1 is 1.08 bits per heavy atom. The van der Waals surface area contributed by atoms with Crippen LogP contribution in [0.1, 0.15) is 25.6 Å². The number of nitrogens with one attached hydrogen (secondary N) is 1. The van der Waals surface area contributed by atoms with Gasteiger partial charge in [-0.05, 0) is 36.8 Å². The fourth-order valence-corrected chi connectivity index (χ4v) is 5.09. The largest absolute Gasteiger partial charge is 0.465 e. The normalized spacial score (nSPS) is 11.0. The van der Waals surface area contributed by atoms with Gasteiger partial charge in [-0.3, -0.25) is 4.72 Å². The molecular formula is C15H14BrNO6S2. The van der Waals surface area contributed by atoms with E-state index in [-0.39, 0.29) is 20.2 Å². The highest BCUT2D eigenvalue weighted by Crippen LogP contribution is 2.34. The molecule has 0 aliphatic rings. The summed E-state index contributed by atoms with van der Waals surface area (Å²) < 4.78 is 37.6. The Morgan fingerprint density at radius 2 is 1.64 bits per heavy atom. The molecule has 0 spiro atoms. The second kappa shape index (κ2) is 7.54. The standard InChI is InChI=1S/C15H14BrNO6S2/c1-8-11(13(18)22-2)15(24-12(8)14(19)23-3)25(20,21)17-10-6-4-9(16)5-7-10/h4-7,17H,1-3H3. The Kier molecular flexibility index (Phi) is 5.86. The van der Waals surface area contributed by atoms with Crippen molar-refractivity contribution in [1.82, 2.24) is 0 Å². The number of methoxy groups -OCH3 is 2. The van der Waals surface area contributed by atoms with Crippen molar-refractivity contribution in [2.75, 3.05) is 18.9 Å². The number of carbonyl (C=O) groups is 2. The van der Waals surface area contributed by atoms with Gasteiger partial charge in [0.25, 0.3) is 10.0 Å². The Labute approximate surface area is 157 Å². The molecule has 2 rings (SSSR count). The van der Waals surface area contributed by atoms with E-state index in [9.17, 15) is 18.0 Å². The van der Waals surface area contributed by atoms with Gasteiger partial charge in [-0.25, -0.2) is 18.0 Å². The molecular weight excluding hydrogens is 434 g/mol. The molecule has 0 radical (unpaired) electrons. The maximum absolute atomic E-state index is 12.7. The minimum absolute atomic E-state index is 0.0269. The lowest BCUT2D eigenvalue weighted by Crippen LogP contribution is -2.16. The molecule has 0 amide bonds. The van der Waals surface area contributed by atoms with Gasteiger partial charge in [-0.15, -0.1) is 11.3 Å². The van der Waals surface area contributed by atoms with Crippen molar-refractivity contribution >= 4 is 54.9 Å². The molecule has 0 atom stereocenters. The molecule has 1 heterocycles. The maximum Gasteiger partial charge on any atom is 0.348 e. The first-order valence-electron chi connectivity index (χ1n) is 6.79. The highest BCUT2D eigenvalue weighted by Gasteiger charge is 2.32. The Bertz CT molecular complexity index is 918. The molecule has 0 saturated carbocycles. The molecule has 1 aromatic carbocycles. The topological polar surface area (TPSA) is 98.8 Å². The molecule has 1 aromatic heterocycles. The number of benzene rings is 1. The number of anilines is 1. The van der Waals surface area contributed by atoms with Crippen LogP contribution in [0.3, 0.4) is 0 Å². The molecule has 10 heteroatoms. The highest BCUT2D eigenvalue weighted by molar-refractivity contribution is 9.10. The number of esters is 2. The van der Waals surface area contributed by atoms with Crippen LogP contribution in [0.15, 0.2) is 32.9 Å². The SMILES string of the molecule is COC(=O)c1sc(S(=O)(=O)Nc2ccc(Br)cc2)c(C(=O)OC)c1C. The monoisotopic (exact) mass is 447 g/mol. The van der Waals surface area contributed by atoms with E-state index in [1.165, 1.54) is 14.0 Å². The van der Waals surface area contributed by atoms with Gasteiger partial charge in [-0.1, -0.05) is 15.9 Å². The van der Waals surface area contributed by atoms with Crippen molar-refractivity contribution in [3.05, 3.63) is 44.7 Å². The molecule has 0 saturated heterocycles. The number of carbonyl (C=O) groups excluding carboxylic acids is 2. The zero-order chi connectivity index (χ0) is 18.8. The number of halogens is 1. The van der Waals surface area contributed by atoms with Crippen LogP contribution in [0, 0.1) is 6.92 Å². The molecule has 25 heavy (non-hydrogen) atoms. The summed E-state index contributed by atoms with van der Waals surface area (Å²) >= 11 is 3.92. The second-order valence-electron chi connectivity index (χ2n) is 4.81. The van der Waals surface area contributed by atoms with E-state index in [1.54, 1.807) is 24.3 Å². The summed E-state index contributed by atoms with van der Waals surface area (Å²) in [4.78, 5) is 23.9. The zero-order valence-corrected chi connectivity index (χ0v) is 16.7. The molecule has 0 unspecified atom stereocenters. The maximum atomic E-state index is 12.7. The summed E-state index contributed by atoms with van der Waals surface area (Å²) in [6.07, 6.45) is 0. The van der Waals surface area contributed by atoms with Crippen molar-refractivity contribution in [2.45, 2.75) is 11.1 Å². The van der Waals surface area contributed by atoms with Crippen molar-refractivity contribution < 1.29 is 27.5 Å². The van der Waals surface area contributed by atoms with E-state index in [2.05, 4.69) is 30.1 Å². The van der Waals surface area contributed by atoms with Gasteiger partial charge in [-0.2, -0.15) is 0 Å². The summed E-state index contributed by atoms with van der Waals surface area (Å²) in [5.74, 6) is -1.57. The van der Waals surface area contributed by atoms with Crippen LogP contribution in [0.4, 0.5) is 5.69 Å². The third kappa shape index (κ3) is 4.02. The van der Waals surface area contributed by atoms with Gasteiger partial charge < -0.3 is 9.47 Å². The third-order valence-electron chi connectivity index (χ3n) is 3.22. The van der Waals surface area contributed by atoms with Gasteiger partial charge in [0, 0.05) is 10.2 Å². The molecule has 0 bridgehead atoms. The quantitative estimate of drug-likeness (QED) is 0.706. The van der Waals surface area contributed by atoms with Gasteiger partial charge in [0.05, 0.1) is 19.8 Å². The van der Waals surface area contributed by atoms with Crippen molar-refractivity contribution in [3.63, 3.8) is 0 Å². The molecule has 134 valence electrons. The van der Waals surface area contributed by atoms with Gasteiger partial charge in [0.15, 0.2) is 4.21 Å². The van der Waals surface area contributed by atoms with E-state index in [0.717, 1.165) is 11.6 Å². The first-order chi connectivity index (χ1) is 11.7. The molecule has 7 nitrogen and oxygen atoms in total. The minimum atomic E-state index is -4.11. The summed E-state index contributed by atoms with van der Waals surface area (Å²) in [7, 11) is -1.80. The predicted octanol–water partition coefficient (Wildman–Crippen LogP) is 3.19. The van der Waals surface area contributed by atoms with E-state index >= 15 is 0 Å². The van der Waals surface area contributed by atoms with Crippen LogP contribution in [-0.2, 0) is 19.5 Å². The van der Waals surface area contributed by atoms with Crippen LogP contribution >= 0.6 is 27.3 Å². The smallest absolute Gasteiger partial charge is 0.348 e. The number of hydrogen-bond donors (Lipinski definition) is 1. The van der Waals surface area contributed by atoms with E-state index in [0.29, 0.717) is 17.0 Å². The molecule has 2 aromatic rings. The van der Waals surface area contributed by atoms with E-state index < -0.39 is 22.0 Å². The highest BCUT2D eigenvalue weighted by atomic mass is 79.9. The van der Waals surface area contributed by atoms with Gasteiger partial charge in [0.1, 0.15) is 4.88 Å². The minimum Gasteiger partial charge on any atom is -0.465 e. The summed E-state index contributed by atoms with van der Waals surface area (Å²) in [5, 5.41) is 0. The molecule has 0 aliphatic carbocycles. The Balaban J connectivity index is 2.57. The van der Waals surface area contributed by atoms with Crippen molar-refractivity contribution in [1.29, 1.82) is 0 Å². The fourth-order valence-electron chi connectivity index (χ4n) is 2.02. The van der Waals surface area contributed by atoms with Crippen LogP contribution in [0.5, 0.6) is 0 Å². The van der Waals surface area contributed by atoms with E-state index in [4.69, 9.17) is 0 Å². The van der Waals surface area contributed by atoms with E-state index in [1.807, 2.05) is 0 Å². The van der Waals surface area contributed by atoms with Crippen molar-refractivity contribution in [2.24, 2.45) is 0 Å². The summed E-state index contributed by atoms with van der Waals surface area (Å²) in [5.41, 5.74) is 0.321. The Morgan fingerprint density at radius 3 is 2.16 bits per heavy atom. The zero-order valence-electron chi connectivity index (χ0n) is 13.5. The van der Waals surface area contributed by atoms with Gasteiger partial charge in [0.2, 0.25) is 0 Å². The Hall–Kier alpha value is -1.91. The van der Waals surface area contributed by atoms with Crippen molar-refractivity contribution in [3.8, 4) is 0 Å². The van der Waals surface area contributed by atoms with Crippen LogP contribution in [0.2, 0.25) is 0 Å². The first kappa shape index (κ1) is 19.4. The fraction of sp³-hybridized carbons (Fsp3) is 0.200. The molecule has 0 aliphatic heterocycles. The number of hydrogen-bond acceptors (Lipinski definition) is 7. The molecule has 0 fully saturated rings. The van der Waals surface area contributed by atoms with Crippen LogP contribution in [0.25, 0.3) is 0 Å². The average Bonchev–Trinajstić information content (AvgIpc) is 2.93.